The highest BCUT2D eigenvalue weighted by Crippen LogP contribution is 2.17. The smallest absolute Gasteiger partial charge is 0.293 e. The number of halogens is 2. The minimum atomic E-state index is -0.339. The van der Waals surface area contributed by atoms with E-state index in [-0.39, 0.29) is 12.2 Å². The molecule has 0 aliphatic rings. The van der Waals surface area contributed by atoms with Crippen LogP contribution in [0, 0.1) is 6.92 Å². The molecule has 2 aromatic rings. The second kappa shape index (κ2) is 4.85. The van der Waals surface area contributed by atoms with Crippen LogP contribution in [0.15, 0.2) is 29.3 Å². The number of pyridine rings is 1. The summed E-state index contributed by atoms with van der Waals surface area (Å²) in [6.45, 7) is 2.11. The van der Waals surface area contributed by atoms with Crippen molar-refractivity contribution in [3.8, 4) is 0 Å². The molecule has 0 bridgehead atoms. The molecule has 0 spiro atoms. The zero-order valence-corrected chi connectivity index (χ0v) is 10.5. The second-order valence-electron chi connectivity index (χ2n) is 3.60. The van der Waals surface area contributed by atoms with Crippen molar-refractivity contribution in [1.82, 2.24) is 14.5 Å². The van der Waals surface area contributed by atoms with Gasteiger partial charge in [-0.2, -0.15) is 0 Å². The van der Waals surface area contributed by atoms with Gasteiger partial charge >= 0.3 is 5.69 Å². The zero-order chi connectivity index (χ0) is 12.4. The molecule has 0 amide bonds. The summed E-state index contributed by atoms with van der Waals surface area (Å²) in [5.74, 6) is 0. The summed E-state index contributed by atoms with van der Waals surface area (Å²) in [6.07, 6.45) is 3.22. The van der Waals surface area contributed by atoms with Crippen LogP contribution in [0.4, 0.5) is 0 Å². The SMILES string of the molecule is Cc1cnc(=O)n(Cc2nc(Cl)ccc2Cl)c1. The third-order valence-corrected chi connectivity index (χ3v) is 2.74. The molecule has 2 heterocycles. The van der Waals surface area contributed by atoms with Crippen molar-refractivity contribution in [3.05, 3.63) is 56.4 Å². The van der Waals surface area contributed by atoms with Crippen molar-refractivity contribution in [2.24, 2.45) is 0 Å². The number of rotatable bonds is 2. The molecule has 0 aromatic carbocycles. The Hall–Kier alpha value is -1.39. The molecule has 4 nitrogen and oxygen atoms in total. The monoisotopic (exact) mass is 269 g/mol. The van der Waals surface area contributed by atoms with Crippen LogP contribution in [0.25, 0.3) is 0 Å². The molecular weight excluding hydrogens is 261 g/mol. The van der Waals surface area contributed by atoms with Crippen molar-refractivity contribution in [1.29, 1.82) is 0 Å². The number of hydrogen-bond acceptors (Lipinski definition) is 3. The van der Waals surface area contributed by atoms with Crippen LogP contribution < -0.4 is 5.69 Å². The van der Waals surface area contributed by atoms with Crippen LogP contribution in [0.5, 0.6) is 0 Å². The van der Waals surface area contributed by atoms with Crippen molar-refractivity contribution in [2.45, 2.75) is 13.5 Å². The van der Waals surface area contributed by atoms with E-state index in [1.165, 1.54) is 10.8 Å². The van der Waals surface area contributed by atoms with Crippen molar-refractivity contribution >= 4 is 23.2 Å². The van der Waals surface area contributed by atoms with Gasteiger partial charge in [0.2, 0.25) is 0 Å². The van der Waals surface area contributed by atoms with Crippen LogP contribution in [-0.4, -0.2) is 14.5 Å². The molecule has 0 aliphatic carbocycles. The molecule has 0 radical (unpaired) electrons. The van der Waals surface area contributed by atoms with Gasteiger partial charge in [0.15, 0.2) is 0 Å². The molecule has 0 saturated heterocycles. The van der Waals surface area contributed by atoms with Gasteiger partial charge < -0.3 is 0 Å². The Morgan fingerprint density at radius 3 is 2.88 bits per heavy atom. The first-order valence-corrected chi connectivity index (χ1v) is 5.66. The average molecular weight is 270 g/mol. The molecule has 17 heavy (non-hydrogen) atoms. The normalized spacial score (nSPS) is 10.5. The van der Waals surface area contributed by atoms with E-state index in [4.69, 9.17) is 23.2 Å². The number of nitrogens with zero attached hydrogens (tertiary/aromatic N) is 3. The Morgan fingerprint density at radius 2 is 2.12 bits per heavy atom. The van der Waals surface area contributed by atoms with E-state index in [2.05, 4.69) is 9.97 Å². The van der Waals surface area contributed by atoms with Gasteiger partial charge in [0.25, 0.3) is 0 Å². The fourth-order valence-electron chi connectivity index (χ4n) is 1.41. The van der Waals surface area contributed by atoms with Crippen molar-refractivity contribution in [3.63, 3.8) is 0 Å². The van der Waals surface area contributed by atoms with E-state index in [0.717, 1.165) is 5.56 Å². The highest BCUT2D eigenvalue weighted by molar-refractivity contribution is 6.32. The maximum Gasteiger partial charge on any atom is 0.347 e. The summed E-state index contributed by atoms with van der Waals surface area (Å²) in [5, 5.41) is 0.820. The van der Waals surface area contributed by atoms with Crippen molar-refractivity contribution < 1.29 is 0 Å². The number of hydrogen-bond donors (Lipinski definition) is 0. The van der Waals surface area contributed by atoms with E-state index in [1.807, 2.05) is 6.92 Å². The van der Waals surface area contributed by atoms with Crippen LogP contribution in [-0.2, 0) is 6.54 Å². The summed E-state index contributed by atoms with van der Waals surface area (Å²) in [4.78, 5) is 19.3. The summed E-state index contributed by atoms with van der Waals surface area (Å²) in [6, 6.07) is 3.26. The standard InChI is InChI=1S/C11H9Cl2N3O/c1-7-4-14-11(17)16(5-7)6-9-8(12)2-3-10(13)15-9/h2-5H,6H2,1H3. The topological polar surface area (TPSA) is 47.8 Å². The van der Waals surface area contributed by atoms with Crippen LogP contribution >= 0.6 is 23.2 Å². The number of aryl methyl sites for hydroxylation is 1. The maximum absolute atomic E-state index is 11.5. The highest BCUT2D eigenvalue weighted by Gasteiger charge is 2.06. The van der Waals surface area contributed by atoms with Gasteiger partial charge in [-0.25, -0.2) is 14.8 Å². The number of aromatic nitrogens is 3. The Kier molecular flexibility index (Phi) is 3.45. The average Bonchev–Trinajstić information content (AvgIpc) is 2.28. The van der Waals surface area contributed by atoms with Gasteiger partial charge in [-0.05, 0) is 24.6 Å². The first kappa shape index (κ1) is 12.1. The Bertz CT molecular complexity index is 610. The van der Waals surface area contributed by atoms with E-state index in [0.29, 0.717) is 15.9 Å². The molecule has 0 atom stereocenters. The minimum Gasteiger partial charge on any atom is -0.293 e. The molecule has 2 aromatic heterocycles. The molecule has 0 fully saturated rings. The predicted molar refractivity (Wildman–Crippen MR) is 66.6 cm³/mol. The fraction of sp³-hybridized carbons (Fsp3) is 0.182. The lowest BCUT2D eigenvalue weighted by molar-refractivity contribution is 0.706. The molecule has 88 valence electrons. The Morgan fingerprint density at radius 1 is 1.35 bits per heavy atom. The van der Waals surface area contributed by atoms with Crippen LogP contribution in [0.2, 0.25) is 10.2 Å². The van der Waals surface area contributed by atoms with Gasteiger partial charge in [-0.15, -0.1) is 0 Å². The van der Waals surface area contributed by atoms with Crippen LogP contribution in [0.3, 0.4) is 0 Å². The molecule has 6 heteroatoms. The van der Waals surface area contributed by atoms with Gasteiger partial charge in [-0.1, -0.05) is 23.2 Å². The third kappa shape index (κ3) is 2.84. The summed E-state index contributed by atoms with van der Waals surface area (Å²) in [5.41, 5.74) is 1.10. The molecular formula is C11H9Cl2N3O. The lowest BCUT2D eigenvalue weighted by Gasteiger charge is -2.07. The molecule has 2 rings (SSSR count). The Balaban J connectivity index is 2.41. The van der Waals surface area contributed by atoms with Gasteiger partial charge in [-0.3, -0.25) is 4.57 Å². The summed E-state index contributed by atoms with van der Waals surface area (Å²) in [7, 11) is 0. The van der Waals surface area contributed by atoms with Gasteiger partial charge in [0, 0.05) is 12.4 Å². The third-order valence-electron chi connectivity index (χ3n) is 2.19. The molecule has 0 aliphatic heterocycles. The fourth-order valence-corrected chi connectivity index (χ4v) is 1.74. The molecule has 0 unspecified atom stereocenters. The summed E-state index contributed by atoms with van der Waals surface area (Å²) < 4.78 is 1.44. The molecule has 0 N–H and O–H groups in total. The first-order valence-electron chi connectivity index (χ1n) is 4.90. The lowest BCUT2D eigenvalue weighted by atomic mass is 10.3. The van der Waals surface area contributed by atoms with E-state index >= 15 is 0 Å². The Labute approximate surface area is 108 Å². The largest absolute Gasteiger partial charge is 0.347 e. The maximum atomic E-state index is 11.5. The molecule has 0 saturated carbocycles. The summed E-state index contributed by atoms with van der Waals surface area (Å²) >= 11 is 11.8. The minimum absolute atomic E-state index is 0.257. The predicted octanol–water partition coefficient (Wildman–Crippen LogP) is 2.30. The quantitative estimate of drug-likeness (QED) is 0.787. The lowest BCUT2D eigenvalue weighted by Crippen LogP contribution is -2.23. The van der Waals surface area contributed by atoms with Gasteiger partial charge in [0.05, 0.1) is 17.3 Å². The van der Waals surface area contributed by atoms with E-state index in [1.54, 1.807) is 18.3 Å². The van der Waals surface area contributed by atoms with E-state index < -0.39 is 0 Å². The highest BCUT2D eigenvalue weighted by atomic mass is 35.5. The van der Waals surface area contributed by atoms with Gasteiger partial charge in [0.1, 0.15) is 5.15 Å². The zero-order valence-electron chi connectivity index (χ0n) is 9.02. The van der Waals surface area contributed by atoms with Crippen LogP contribution in [0.1, 0.15) is 11.3 Å². The second-order valence-corrected chi connectivity index (χ2v) is 4.40. The van der Waals surface area contributed by atoms with E-state index in [9.17, 15) is 4.79 Å². The van der Waals surface area contributed by atoms with Crippen molar-refractivity contribution in [2.75, 3.05) is 0 Å². The first-order chi connectivity index (χ1) is 8.06.